The van der Waals surface area contributed by atoms with Crippen molar-refractivity contribution < 1.29 is 57.3 Å². The molecule has 8 N–H and O–H groups in total. The van der Waals surface area contributed by atoms with Crippen LogP contribution in [0.3, 0.4) is 0 Å². The monoisotopic (exact) mass is 751 g/mol. The predicted octanol–water partition coefficient (Wildman–Crippen LogP) is -2.91. The summed E-state index contributed by atoms with van der Waals surface area (Å²) in [5, 5.41) is 36.2. The number of rotatable bonds is 10. The number of likely N-dealkylation sites (tertiary alicyclic amines) is 1. The Bertz CT molecular complexity index is 2220. The summed E-state index contributed by atoms with van der Waals surface area (Å²) in [7, 11) is -4.97. The van der Waals surface area contributed by atoms with Gasteiger partial charge in [0.1, 0.15) is 22.9 Å². The molecule has 2 saturated heterocycles. The van der Waals surface area contributed by atoms with Crippen molar-refractivity contribution in [1.29, 1.82) is 0 Å². The normalized spacial score (nSPS) is 16.5. The molecular weight excluding hydrogens is 726 g/mol. The minimum atomic E-state index is -4.97. The van der Waals surface area contributed by atoms with Gasteiger partial charge in [-0.25, -0.2) is 38.4 Å². The van der Waals surface area contributed by atoms with Crippen LogP contribution >= 0.6 is 11.3 Å². The van der Waals surface area contributed by atoms with Crippen molar-refractivity contribution in [2.45, 2.75) is 25.5 Å². The number of aromatic nitrogens is 3. The molecule has 0 spiro atoms. The summed E-state index contributed by atoms with van der Waals surface area (Å²) >= 11 is 0.919. The number of urea groups is 2. The standard InChI is InChI=1S/C25H25N11O13S2/c1-25(2,21(43)44)49-31-16(12-9-50-22(26)29-12)18(40)28-11-7-34(20(11)42)23(45)32-51(47,48)36-4-3-35(24(36)46)30-17(39)10-6-27-15-5-13(37)14(38)8-33(15)19(10)41/h5-6,8-9,11,37-38H,3-4,7H2,1-2H3,(H2,26,29)(H,28,40)(H,30,39)(H,32,45)(H,43,44)/b31-16+. The summed E-state index contributed by atoms with van der Waals surface area (Å²) in [6.45, 7) is 0.751. The second-order valence-electron chi connectivity index (χ2n) is 11.0. The third-order valence-corrected chi connectivity index (χ3v) is 9.13. The largest absolute Gasteiger partial charge is 0.504 e. The maximum Gasteiger partial charge on any atom is 0.353 e. The molecule has 0 bridgehead atoms. The number of oxime groups is 1. The van der Waals surface area contributed by atoms with Gasteiger partial charge in [0.15, 0.2) is 22.3 Å². The Morgan fingerprint density at radius 1 is 1.14 bits per heavy atom. The minimum absolute atomic E-state index is 0.0242. The molecule has 0 radical (unpaired) electrons. The quantitative estimate of drug-likeness (QED) is 0.0620. The number of β-lactam (4-membered cyclic amide) rings is 1. The Morgan fingerprint density at radius 3 is 2.47 bits per heavy atom. The number of nitrogens with two attached hydrogens (primary N) is 1. The van der Waals surface area contributed by atoms with E-state index in [1.54, 1.807) is 4.72 Å². The van der Waals surface area contributed by atoms with E-state index in [1.165, 1.54) is 5.38 Å². The van der Waals surface area contributed by atoms with Crippen LogP contribution in [0.1, 0.15) is 29.9 Å². The number of hydrazine groups is 1. The Labute approximate surface area is 287 Å². The zero-order valence-electron chi connectivity index (χ0n) is 26.0. The van der Waals surface area contributed by atoms with E-state index in [-0.39, 0.29) is 20.8 Å². The Kier molecular flexibility index (Phi) is 9.14. The number of aliphatic carboxylic acids is 1. The van der Waals surface area contributed by atoms with Gasteiger partial charge in [0.25, 0.3) is 23.3 Å². The van der Waals surface area contributed by atoms with Crippen LogP contribution in [0, 0.1) is 0 Å². The van der Waals surface area contributed by atoms with Gasteiger partial charge in [0.05, 0.1) is 25.8 Å². The fourth-order valence-corrected chi connectivity index (χ4v) is 5.86. The van der Waals surface area contributed by atoms with E-state index in [1.807, 2.05) is 0 Å². The van der Waals surface area contributed by atoms with E-state index in [4.69, 9.17) is 10.6 Å². The number of carboxylic acid groups (broad SMARTS) is 1. The van der Waals surface area contributed by atoms with Gasteiger partial charge < -0.3 is 31.2 Å². The first-order chi connectivity index (χ1) is 23.8. The fraction of sp³-hybridized carbons (Fsp3) is 0.280. The predicted molar refractivity (Wildman–Crippen MR) is 168 cm³/mol. The molecule has 5 heterocycles. The molecule has 2 aliphatic heterocycles. The van der Waals surface area contributed by atoms with Gasteiger partial charge >= 0.3 is 28.2 Å². The Morgan fingerprint density at radius 2 is 1.84 bits per heavy atom. The van der Waals surface area contributed by atoms with Crippen molar-refractivity contribution in [3.63, 3.8) is 0 Å². The number of carbonyl (C=O) groups excluding carboxylic acids is 5. The second-order valence-corrected chi connectivity index (χ2v) is 13.5. The van der Waals surface area contributed by atoms with Crippen LogP contribution in [0.25, 0.3) is 5.65 Å². The molecule has 7 amide bonds. The van der Waals surface area contributed by atoms with E-state index in [0.29, 0.717) is 9.91 Å². The van der Waals surface area contributed by atoms with E-state index in [9.17, 15) is 57.3 Å². The lowest BCUT2D eigenvalue weighted by atomic mass is 10.1. The zero-order chi connectivity index (χ0) is 37.6. The summed E-state index contributed by atoms with van der Waals surface area (Å²) < 4.78 is 28.3. The molecule has 0 aliphatic carbocycles. The molecule has 2 fully saturated rings. The van der Waals surface area contributed by atoms with Gasteiger partial charge in [-0.1, -0.05) is 5.16 Å². The van der Waals surface area contributed by atoms with Gasteiger partial charge in [-0.3, -0.25) is 33.9 Å². The van der Waals surface area contributed by atoms with Crippen LogP contribution in [-0.2, 0) is 29.4 Å². The van der Waals surface area contributed by atoms with Gasteiger partial charge in [0, 0.05) is 17.6 Å². The van der Waals surface area contributed by atoms with E-state index < -0.39 is 106 Å². The van der Waals surface area contributed by atoms with E-state index in [0.717, 1.165) is 48.0 Å². The highest BCUT2D eigenvalue weighted by Crippen LogP contribution is 2.24. The lowest BCUT2D eigenvalue weighted by molar-refractivity contribution is -0.161. The maximum absolute atomic E-state index is 13.0. The highest BCUT2D eigenvalue weighted by Gasteiger charge is 2.46. The van der Waals surface area contributed by atoms with E-state index in [2.05, 4.69) is 25.9 Å². The van der Waals surface area contributed by atoms with Crippen LogP contribution in [0.4, 0.5) is 14.7 Å². The van der Waals surface area contributed by atoms with Crippen molar-refractivity contribution in [2.24, 2.45) is 5.16 Å². The molecule has 3 aromatic rings. The summed E-state index contributed by atoms with van der Waals surface area (Å²) in [6.07, 6.45) is 1.63. The number of nitrogens with zero attached hydrogens (tertiary/aromatic N) is 7. The molecule has 0 saturated carbocycles. The number of anilines is 1. The number of nitrogens with one attached hydrogen (secondary N) is 3. The van der Waals surface area contributed by atoms with Gasteiger partial charge in [-0.05, 0) is 13.8 Å². The fourth-order valence-electron chi connectivity index (χ4n) is 4.24. The van der Waals surface area contributed by atoms with Crippen LogP contribution in [0.5, 0.6) is 11.5 Å². The number of pyridine rings is 1. The molecule has 3 aromatic heterocycles. The lowest BCUT2D eigenvalue weighted by Gasteiger charge is -2.36. The second kappa shape index (κ2) is 13.0. The minimum Gasteiger partial charge on any atom is -0.504 e. The van der Waals surface area contributed by atoms with Crippen LogP contribution in [0.15, 0.2) is 33.8 Å². The SMILES string of the molecule is CC(C)(O/N=C(/C(=O)NC1CN(C(=O)NS(=O)(=O)N2CCN(NC(=O)c3cnc4cc(O)c(O)cn4c3=O)C2=O)C1=O)c1csc(N)n1)C(=O)O. The first-order valence-electron chi connectivity index (χ1n) is 14.0. The number of carboxylic acids is 1. The molecule has 1 atom stereocenters. The molecule has 5 rings (SSSR count). The highest BCUT2D eigenvalue weighted by atomic mass is 32.2. The highest BCUT2D eigenvalue weighted by molar-refractivity contribution is 7.88. The van der Waals surface area contributed by atoms with Crippen molar-refractivity contribution in [2.75, 3.05) is 25.4 Å². The summed E-state index contributed by atoms with van der Waals surface area (Å²) in [5.74, 6) is -6.01. The number of nitrogen functional groups attached to an aromatic ring is 1. The number of hydrogen-bond acceptors (Lipinski definition) is 17. The number of carbonyl (C=O) groups is 6. The van der Waals surface area contributed by atoms with Crippen LogP contribution in [-0.4, -0.2) is 125 Å². The first kappa shape index (κ1) is 35.7. The van der Waals surface area contributed by atoms with E-state index >= 15 is 0 Å². The maximum atomic E-state index is 13.0. The Hall–Kier alpha value is -6.57. The van der Waals surface area contributed by atoms with Crippen molar-refractivity contribution >= 4 is 73.8 Å². The Balaban J connectivity index is 1.19. The van der Waals surface area contributed by atoms with Crippen molar-refractivity contribution in [1.82, 2.24) is 44.0 Å². The molecule has 24 nitrogen and oxygen atoms in total. The molecule has 2 aliphatic rings. The molecule has 1 unspecified atom stereocenters. The molecule has 26 heteroatoms. The summed E-state index contributed by atoms with van der Waals surface area (Å²) in [5.41, 5.74) is 3.36. The average molecular weight is 752 g/mol. The first-order valence-corrected chi connectivity index (χ1v) is 16.4. The lowest BCUT2D eigenvalue weighted by Crippen LogP contribution is -2.68. The average Bonchev–Trinajstić information content (AvgIpc) is 3.64. The van der Waals surface area contributed by atoms with Crippen molar-refractivity contribution in [3.05, 3.63) is 45.5 Å². The molecule has 270 valence electrons. The number of imide groups is 1. The number of aromatic hydroxyl groups is 2. The van der Waals surface area contributed by atoms with Crippen LogP contribution < -0.4 is 26.8 Å². The third-order valence-electron chi connectivity index (χ3n) is 7.10. The van der Waals surface area contributed by atoms with Gasteiger partial charge in [0.2, 0.25) is 5.60 Å². The van der Waals surface area contributed by atoms with Gasteiger partial charge in [-0.2, -0.15) is 8.42 Å². The topological polar surface area (TPSA) is 338 Å². The van der Waals surface area contributed by atoms with Gasteiger partial charge in [-0.15, -0.1) is 11.3 Å². The number of amides is 7. The summed E-state index contributed by atoms with van der Waals surface area (Å²) in [6, 6.07) is -3.25. The van der Waals surface area contributed by atoms with Crippen molar-refractivity contribution in [3.8, 4) is 11.5 Å². The summed E-state index contributed by atoms with van der Waals surface area (Å²) in [4.78, 5) is 101. The number of fused-ring (bicyclic) bond motifs is 1. The number of hydrogen-bond donors (Lipinski definition) is 7. The zero-order valence-corrected chi connectivity index (χ0v) is 27.6. The molecule has 51 heavy (non-hydrogen) atoms. The number of thiazole rings is 1. The molecule has 0 aromatic carbocycles. The third kappa shape index (κ3) is 6.97. The molecular formula is C25H25N11O13S2. The smallest absolute Gasteiger partial charge is 0.353 e. The van der Waals surface area contributed by atoms with Crippen LogP contribution in [0.2, 0.25) is 0 Å².